The van der Waals surface area contributed by atoms with Gasteiger partial charge in [-0.05, 0) is 37.3 Å². The Balaban J connectivity index is 1.97. The summed E-state index contributed by atoms with van der Waals surface area (Å²) >= 11 is 3.39. The summed E-state index contributed by atoms with van der Waals surface area (Å²) in [4.78, 5) is 0. The van der Waals surface area contributed by atoms with Crippen LogP contribution < -0.4 is 9.80 Å². The summed E-state index contributed by atoms with van der Waals surface area (Å²) in [5.41, 5.74) is 1.92. The lowest BCUT2D eigenvalue weighted by Gasteiger charge is -2.36. The van der Waals surface area contributed by atoms with Crippen LogP contribution in [0.2, 0.25) is 0 Å². The molecule has 0 spiro atoms. The van der Waals surface area contributed by atoms with Crippen molar-refractivity contribution in [2.45, 2.75) is 25.7 Å². The molecule has 94 valence electrons. The number of ether oxygens (including phenoxy) is 1. The van der Waals surface area contributed by atoms with Crippen molar-refractivity contribution in [2.24, 2.45) is 0 Å². The number of alkyl halides is 1. The van der Waals surface area contributed by atoms with Crippen LogP contribution in [-0.2, 0) is 6.42 Å². The number of hydrogen-bond donors (Lipinski definition) is 0. The molecule has 0 amide bonds. The largest absolute Gasteiger partial charge is 0.758 e. The minimum absolute atomic E-state index is 0.597. The van der Waals surface area contributed by atoms with E-state index in [0.29, 0.717) is 13.2 Å². The first-order valence-electron chi connectivity index (χ1n) is 6.07. The van der Waals surface area contributed by atoms with E-state index in [1.165, 1.54) is 0 Å². The highest BCUT2D eigenvalue weighted by molar-refractivity contribution is 9.09. The molecule has 4 heteroatoms. The van der Waals surface area contributed by atoms with E-state index in [0.717, 1.165) is 53.1 Å². The molecule has 0 radical (unpaired) electrons. The lowest BCUT2D eigenvalue weighted by Crippen LogP contribution is -2.22. The van der Waals surface area contributed by atoms with Crippen LogP contribution in [0.3, 0.4) is 0 Å². The number of fused-ring (bicyclic) bond motifs is 1. The van der Waals surface area contributed by atoms with Gasteiger partial charge in [-0.2, -0.15) is 0 Å². The van der Waals surface area contributed by atoms with Gasteiger partial charge in [0.05, 0.1) is 6.61 Å². The molecule has 0 saturated carbocycles. The van der Waals surface area contributed by atoms with Gasteiger partial charge in [-0.25, -0.2) is 0 Å². The molecule has 1 aliphatic rings. The van der Waals surface area contributed by atoms with Crippen molar-refractivity contribution < 1.29 is 4.74 Å². The molecule has 1 heterocycles. The third kappa shape index (κ3) is 3.36. The number of hydroxylamine groups is 1. The molecule has 1 aromatic carbocycles. The van der Waals surface area contributed by atoms with Crippen molar-refractivity contribution in [1.82, 2.24) is 0 Å². The maximum atomic E-state index is 11.7. The zero-order valence-corrected chi connectivity index (χ0v) is 11.4. The van der Waals surface area contributed by atoms with E-state index in [1.807, 2.05) is 18.2 Å². The summed E-state index contributed by atoms with van der Waals surface area (Å²) in [5, 5.41) is 13.8. The maximum absolute atomic E-state index is 11.7. The van der Waals surface area contributed by atoms with Crippen LogP contribution in [0.15, 0.2) is 18.2 Å². The van der Waals surface area contributed by atoms with E-state index in [-0.39, 0.29) is 0 Å². The van der Waals surface area contributed by atoms with Crippen LogP contribution >= 0.6 is 15.9 Å². The number of anilines is 1. The summed E-state index contributed by atoms with van der Waals surface area (Å²) in [5.74, 6) is 0.807. The zero-order chi connectivity index (χ0) is 12.1. The van der Waals surface area contributed by atoms with Gasteiger partial charge in [0.25, 0.3) is 0 Å². The minimum Gasteiger partial charge on any atom is -0.758 e. The number of halogens is 1. The lowest BCUT2D eigenvalue weighted by atomic mass is 10.0. The Morgan fingerprint density at radius 3 is 3.06 bits per heavy atom. The Kier molecular flexibility index (Phi) is 4.68. The van der Waals surface area contributed by atoms with Crippen LogP contribution in [0.25, 0.3) is 0 Å². The molecule has 0 saturated heterocycles. The maximum Gasteiger partial charge on any atom is 0.121 e. The first-order chi connectivity index (χ1) is 8.31. The molecule has 0 bridgehead atoms. The van der Waals surface area contributed by atoms with Gasteiger partial charge in [0.15, 0.2) is 0 Å². The number of rotatable bonds is 5. The van der Waals surface area contributed by atoms with Crippen molar-refractivity contribution in [2.75, 3.05) is 23.5 Å². The van der Waals surface area contributed by atoms with Crippen molar-refractivity contribution in [1.29, 1.82) is 0 Å². The lowest BCUT2D eigenvalue weighted by molar-refractivity contribution is 0.310. The third-order valence-corrected chi connectivity index (χ3v) is 3.49. The molecule has 0 fully saturated rings. The predicted octanol–water partition coefficient (Wildman–Crippen LogP) is 3.49. The summed E-state index contributed by atoms with van der Waals surface area (Å²) in [6, 6.07) is 5.85. The number of aryl methyl sites for hydroxylation is 1. The molecule has 0 atom stereocenters. The van der Waals surface area contributed by atoms with Gasteiger partial charge in [0.2, 0.25) is 0 Å². The molecule has 3 nitrogen and oxygen atoms in total. The second-order valence-corrected chi connectivity index (χ2v) is 5.03. The Morgan fingerprint density at radius 1 is 1.35 bits per heavy atom. The Hall–Kier alpha value is -0.740. The van der Waals surface area contributed by atoms with E-state index >= 15 is 0 Å². The average molecular weight is 299 g/mol. The highest BCUT2D eigenvalue weighted by Gasteiger charge is 2.11. The predicted molar refractivity (Wildman–Crippen MR) is 74.0 cm³/mol. The quantitative estimate of drug-likeness (QED) is 0.616. The highest BCUT2D eigenvalue weighted by Crippen LogP contribution is 2.30. The summed E-state index contributed by atoms with van der Waals surface area (Å²) < 4.78 is 5.64. The fourth-order valence-corrected chi connectivity index (χ4v) is 2.39. The number of hydrogen-bond acceptors (Lipinski definition) is 3. The van der Waals surface area contributed by atoms with Crippen molar-refractivity contribution >= 4 is 21.6 Å². The SMILES string of the molecule is [O-]N1CCCc2ccc(OCCCCBr)cc21. The van der Waals surface area contributed by atoms with Gasteiger partial charge < -0.3 is 15.0 Å². The summed E-state index contributed by atoms with van der Waals surface area (Å²) in [6.07, 6.45) is 4.09. The van der Waals surface area contributed by atoms with Gasteiger partial charge in [-0.1, -0.05) is 22.0 Å². The van der Waals surface area contributed by atoms with Gasteiger partial charge in [-0.15, -0.1) is 0 Å². The van der Waals surface area contributed by atoms with E-state index in [1.54, 1.807) is 0 Å². The number of nitrogens with zero attached hydrogens (tertiary/aromatic N) is 1. The van der Waals surface area contributed by atoms with Gasteiger partial charge in [0, 0.05) is 23.6 Å². The first-order valence-corrected chi connectivity index (χ1v) is 7.20. The van der Waals surface area contributed by atoms with Gasteiger partial charge in [-0.3, -0.25) is 0 Å². The molecular weight excluding hydrogens is 282 g/mol. The van der Waals surface area contributed by atoms with Crippen LogP contribution in [0, 0.1) is 5.21 Å². The molecule has 17 heavy (non-hydrogen) atoms. The van der Waals surface area contributed by atoms with Crippen LogP contribution in [0.5, 0.6) is 5.75 Å². The van der Waals surface area contributed by atoms with Gasteiger partial charge >= 0.3 is 0 Å². The number of unbranched alkanes of at least 4 members (excludes halogenated alkanes) is 1. The highest BCUT2D eigenvalue weighted by atomic mass is 79.9. The fourth-order valence-electron chi connectivity index (χ4n) is 2.00. The topological polar surface area (TPSA) is 35.5 Å². The number of benzene rings is 1. The van der Waals surface area contributed by atoms with Crippen molar-refractivity contribution in [3.8, 4) is 5.75 Å². The minimum atomic E-state index is 0.597. The van der Waals surface area contributed by atoms with E-state index < -0.39 is 0 Å². The molecular formula is C13H17BrNO2-. The summed E-state index contributed by atoms with van der Waals surface area (Å²) in [6.45, 7) is 1.31. The van der Waals surface area contributed by atoms with Crippen LogP contribution in [0.4, 0.5) is 5.69 Å². The second kappa shape index (κ2) is 6.26. The normalized spacial score (nSPS) is 14.6. The second-order valence-electron chi connectivity index (χ2n) is 4.24. The Morgan fingerprint density at radius 2 is 2.24 bits per heavy atom. The average Bonchev–Trinajstić information content (AvgIpc) is 2.36. The monoisotopic (exact) mass is 298 g/mol. The van der Waals surface area contributed by atoms with Crippen LogP contribution in [-0.4, -0.2) is 18.5 Å². The molecule has 0 unspecified atom stereocenters. The zero-order valence-electron chi connectivity index (χ0n) is 9.82. The smallest absolute Gasteiger partial charge is 0.121 e. The molecule has 1 aliphatic heterocycles. The summed E-state index contributed by atoms with van der Waals surface area (Å²) in [7, 11) is 0. The molecule has 0 N–H and O–H groups in total. The Bertz CT molecular complexity index is 370. The van der Waals surface area contributed by atoms with E-state index in [9.17, 15) is 5.21 Å². The third-order valence-electron chi connectivity index (χ3n) is 2.93. The molecule has 2 rings (SSSR count). The fraction of sp³-hybridized carbons (Fsp3) is 0.538. The molecule has 0 aliphatic carbocycles. The van der Waals surface area contributed by atoms with Crippen LogP contribution in [0.1, 0.15) is 24.8 Å². The molecule has 0 aromatic heterocycles. The standard InChI is InChI=1S/C13H17BrNO2/c14-7-1-2-9-17-12-6-5-11-4-3-8-15(16)13(11)10-12/h5-6,10H,1-4,7-9H2/q-1. The van der Waals surface area contributed by atoms with Crippen molar-refractivity contribution in [3.05, 3.63) is 29.0 Å². The van der Waals surface area contributed by atoms with Gasteiger partial charge in [0.1, 0.15) is 5.75 Å². The Labute approximate surface area is 110 Å². The first kappa shape index (κ1) is 12.7. The van der Waals surface area contributed by atoms with Crippen molar-refractivity contribution in [3.63, 3.8) is 0 Å². The molecule has 1 aromatic rings. The van der Waals surface area contributed by atoms with E-state index in [2.05, 4.69) is 15.9 Å². The van der Waals surface area contributed by atoms with E-state index in [4.69, 9.17) is 4.74 Å².